The van der Waals surface area contributed by atoms with Gasteiger partial charge in [-0.3, -0.25) is 4.79 Å². The smallest absolute Gasteiger partial charge is 0.256 e. The monoisotopic (exact) mass is 218 g/mol. The zero-order valence-electron chi connectivity index (χ0n) is 9.70. The minimum absolute atomic E-state index is 0.104. The second-order valence-electron chi connectivity index (χ2n) is 4.28. The standard InChI is InChI=1S/C13H18N2O/c1-2-8-15-9-4-6-10-5-3-7-11(14)12(10)13(15)16/h3,5,7H,2,4,6,8-9,14H2,1H3. The van der Waals surface area contributed by atoms with Gasteiger partial charge in [0, 0.05) is 18.8 Å². The van der Waals surface area contributed by atoms with E-state index in [1.165, 1.54) is 0 Å². The van der Waals surface area contributed by atoms with Crippen LogP contribution in [-0.2, 0) is 6.42 Å². The molecule has 2 N–H and O–H groups in total. The van der Waals surface area contributed by atoms with E-state index in [4.69, 9.17) is 5.73 Å². The van der Waals surface area contributed by atoms with Crippen molar-refractivity contribution in [3.63, 3.8) is 0 Å². The average Bonchev–Trinajstić information content (AvgIpc) is 2.41. The second kappa shape index (κ2) is 4.56. The van der Waals surface area contributed by atoms with Crippen molar-refractivity contribution in [3.8, 4) is 0 Å². The summed E-state index contributed by atoms with van der Waals surface area (Å²) < 4.78 is 0. The quantitative estimate of drug-likeness (QED) is 0.772. The van der Waals surface area contributed by atoms with Crippen LogP contribution in [0.15, 0.2) is 18.2 Å². The summed E-state index contributed by atoms with van der Waals surface area (Å²) in [5.41, 5.74) is 8.36. The number of fused-ring (bicyclic) bond motifs is 1. The largest absolute Gasteiger partial charge is 0.398 e. The molecule has 0 unspecified atom stereocenters. The highest BCUT2D eigenvalue weighted by Gasteiger charge is 2.23. The van der Waals surface area contributed by atoms with Crippen LogP contribution in [0.5, 0.6) is 0 Å². The summed E-state index contributed by atoms with van der Waals surface area (Å²) in [5.74, 6) is 0.104. The van der Waals surface area contributed by atoms with Crippen molar-refractivity contribution < 1.29 is 4.79 Å². The lowest BCUT2D eigenvalue weighted by atomic mass is 10.0. The number of aryl methyl sites for hydroxylation is 1. The Bertz CT molecular complexity index is 401. The predicted octanol–water partition coefficient (Wildman–Crippen LogP) is 2.07. The molecular formula is C13H18N2O. The molecular weight excluding hydrogens is 200 g/mol. The number of nitrogens with zero attached hydrogens (tertiary/aromatic N) is 1. The van der Waals surface area contributed by atoms with E-state index in [9.17, 15) is 4.79 Å². The number of nitrogen functional groups attached to an aromatic ring is 1. The van der Waals surface area contributed by atoms with Crippen LogP contribution in [0.4, 0.5) is 5.69 Å². The molecule has 16 heavy (non-hydrogen) atoms. The molecule has 86 valence electrons. The fourth-order valence-electron chi connectivity index (χ4n) is 2.29. The van der Waals surface area contributed by atoms with Crippen LogP contribution in [-0.4, -0.2) is 23.9 Å². The number of hydrogen-bond acceptors (Lipinski definition) is 2. The zero-order valence-corrected chi connectivity index (χ0v) is 9.70. The first kappa shape index (κ1) is 11.0. The van der Waals surface area contributed by atoms with E-state index in [1.807, 2.05) is 23.1 Å². The zero-order chi connectivity index (χ0) is 11.5. The Morgan fingerprint density at radius 3 is 3.00 bits per heavy atom. The fourth-order valence-corrected chi connectivity index (χ4v) is 2.29. The van der Waals surface area contributed by atoms with Gasteiger partial charge >= 0.3 is 0 Å². The molecule has 0 saturated carbocycles. The lowest BCUT2D eigenvalue weighted by Gasteiger charge is -2.20. The molecule has 0 saturated heterocycles. The third-order valence-electron chi connectivity index (χ3n) is 3.05. The third kappa shape index (κ3) is 1.90. The summed E-state index contributed by atoms with van der Waals surface area (Å²) in [6, 6.07) is 5.75. The second-order valence-corrected chi connectivity index (χ2v) is 4.28. The van der Waals surface area contributed by atoms with Crippen molar-refractivity contribution in [1.82, 2.24) is 4.90 Å². The predicted molar refractivity (Wildman–Crippen MR) is 65.4 cm³/mol. The van der Waals surface area contributed by atoms with Crippen LogP contribution in [0.1, 0.15) is 35.7 Å². The molecule has 1 aliphatic rings. The molecule has 0 aromatic heterocycles. The van der Waals surface area contributed by atoms with Crippen LogP contribution in [0.25, 0.3) is 0 Å². The van der Waals surface area contributed by atoms with E-state index >= 15 is 0 Å². The molecule has 0 bridgehead atoms. The Morgan fingerprint density at radius 2 is 2.25 bits per heavy atom. The van der Waals surface area contributed by atoms with Crippen molar-refractivity contribution in [2.75, 3.05) is 18.8 Å². The minimum Gasteiger partial charge on any atom is -0.398 e. The van der Waals surface area contributed by atoms with E-state index in [-0.39, 0.29) is 5.91 Å². The average molecular weight is 218 g/mol. The molecule has 0 atom stereocenters. The lowest BCUT2D eigenvalue weighted by molar-refractivity contribution is 0.0762. The van der Waals surface area contributed by atoms with Crippen LogP contribution in [0.2, 0.25) is 0 Å². The number of anilines is 1. The Morgan fingerprint density at radius 1 is 1.44 bits per heavy atom. The minimum atomic E-state index is 0.104. The van der Waals surface area contributed by atoms with E-state index < -0.39 is 0 Å². The number of benzene rings is 1. The van der Waals surface area contributed by atoms with Crippen LogP contribution < -0.4 is 5.73 Å². The fraction of sp³-hybridized carbons (Fsp3) is 0.462. The Kier molecular flexibility index (Phi) is 3.13. The van der Waals surface area contributed by atoms with Crippen molar-refractivity contribution >= 4 is 11.6 Å². The van der Waals surface area contributed by atoms with Crippen LogP contribution in [0.3, 0.4) is 0 Å². The van der Waals surface area contributed by atoms with Crippen LogP contribution in [0, 0.1) is 0 Å². The van der Waals surface area contributed by atoms with Gasteiger partial charge in [-0.1, -0.05) is 19.1 Å². The normalized spacial score (nSPS) is 15.8. The molecule has 0 fully saturated rings. The molecule has 3 nitrogen and oxygen atoms in total. The maximum absolute atomic E-state index is 12.3. The molecule has 1 heterocycles. The number of carbonyl (C=O) groups is 1. The maximum Gasteiger partial charge on any atom is 0.256 e. The number of rotatable bonds is 2. The Labute approximate surface area is 96.2 Å². The van der Waals surface area contributed by atoms with Crippen molar-refractivity contribution in [2.45, 2.75) is 26.2 Å². The van der Waals surface area contributed by atoms with Gasteiger partial charge in [0.25, 0.3) is 5.91 Å². The summed E-state index contributed by atoms with van der Waals surface area (Å²) in [6.07, 6.45) is 2.97. The first-order chi connectivity index (χ1) is 7.74. The molecule has 0 aliphatic carbocycles. The summed E-state index contributed by atoms with van der Waals surface area (Å²) >= 11 is 0. The van der Waals surface area contributed by atoms with Gasteiger partial charge < -0.3 is 10.6 Å². The van der Waals surface area contributed by atoms with E-state index in [1.54, 1.807) is 0 Å². The Balaban J connectivity index is 2.39. The van der Waals surface area contributed by atoms with Gasteiger partial charge in [-0.15, -0.1) is 0 Å². The number of hydrogen-bond donors (Lipinski definition) is 1. The maximum atomic E-state index is 12.3. The van der Waals surface area contributed by atoms with Crippen molar-refractivity contribution in [3.05, 3.63) is 29.3 Å². The van der Waals surface area contributed by atoms with E-state index in [0.717, 1.165) is 43.5 Å². The summed E-state index contributed by atoms with van der Waals surface area (Å²) in [4.78, 5) is 14.2. The van der Waals surface area contributed by atoms with Gasteiger partial charge in [-0.25, -0.2) is 0 Å². The van der Waals surface area contributed by atoms with Gasteiger partial charge in [-0.2, -0.15) is 0 Å². The third-order valence-corrected chi connectivity index (χ3v) is 3.05. The van der Waals surface area contributed by atoms with Gasteiger partial charge in [0.1, 0.15) is 0 Å². The van der Waals surface area contributed by atoms with Gasteiger partial charge in [0.15, 0.2) is 0 Å². The van der Waals surface area contributed by atoms with E-state index in [0.29, 0.717) is 5.69 Å². The lowest BCUT2D eigenvalue weighted by Crippen LogP contribution is -2.32. The van der Waals surface area contributed by atoms with E-state index in [2.05, 4.69) is 6.92 Å². The topological polar surface area (TPSA) is 46.3 Å². The molecule has 1 amide bonds. The first-order valence-corrected chi connectivity index (χ1v) is 5.90. The molecule has 0 radical (unpaired) electrons. The molecule has 1 aliphatic heterocycles. The van der Waals surface area contributed by atoms with Crippen molar-refractivity contribution in [2.24, 2.45) is 0 Å². The molecule has 3 heteroatoms. The molecule has 1 aromatic rings. The molecule has 1 aromatic carbocycles. The number of nitrogens with two attached hydrogens (primary N) is 1. The van der Waals surface area contributed by atoms with Gasteiger partial charge in [-0.05, 0) is 30.9 Å². The highest BCUT2D eigenvalue weighted by Crippen LogP contribution is 2.23. The van der Waals surface area contributed by atoms with Gasteiger partial charge in [0.2, 0.25) is 0 Å². The first-order valence-electron chi connectivity index (χ1n) is 5.90. The Hall–Kier alpha value is -1.51. The summed E-state index contributed by atoms with van der Waals surface area (Å²) in [6.45, 7) is 3.76. The molecule has 2 rings (SSSR count). The SMILES string of the molecule is CCCN1CCCc2cccc(N)c2C1=O. The van der Waals surface area contributed by atoms with Crippen LogP contribution >= 0.6 is 0 Å². The number of carbonyl (C=O) groups excluding carboxylic acids is 1. The highest BCUT2D eigenvalue weighted by molar-refractivity contribution is 6.00. The highest BCUT2D eigenvalue weighted by atomic mass is 16.2. The molecule has 0 spiro atoms. The van der Waals surface area contributed by atoms with Gasteiger partial charge in [0.05, 0.1) is 5.56 Å². The van der Waals surface area contributed by atoms with Crippen molar-refractivity contribution in [1.29, 1.82) is 0 Å². The number of amides is 1. The summed E-state index contributed by atoms with van der Waals surface area (Å²) in [5, 5.41) is 0. The summed E-state index contributed by atoms with van der Waals surface area (Å²) in [7, 11) is 0.